The van der Waals surface area contributed by atoms with Gasteiger partial charge in [-0.05, 0) is 32.9 Å². The smallest absolute Gasteiger partial charge is 0.294 e. The molecule has 0 bridgehead atoms. The second-order valence-electron chi connectivity index (χ2n) is 5.23. The molecule has 0 saturated carbocycles. The van der Waals surface area contributed by atoms with E-state index in [4.69, 9.17) is 0 Å². The van der Waals surface area contributed by atoms with Crippen molar-refractivity contribution in [2.75, 3.05) is 24.5 Å². The highest BCUT2D eigenvalue weighted by atomic mass is 32.1. The summed E-state index contributed by atoms with van der Waals surface area (Å²) in [5.41, 5.74) is 1.72. The fourth-order valence-corrected chi connectivity index (χ4v) is 3.82. The van der Waals surface area contributed by atoms with Crippen molar-refractivity contribution >= 4 is 32.9 Å². The first-order valence-corrected chi connectivity index (χ1v) is 7.94. The lowest BCUT2D eigenvalue weighted by Gasteiger charge is -2.29. The van der Waals surface area contributed by atoms with E-state index in [9.17, 15) is 10.1 Å². The molecule has 112 valence electrons. The Balaban J connectivity index is 2.13. The molecule has 1 aromatic carbocycles. The molecule has 1 unspecified atom stereocenters. The van der Waals surface area contributed by atoms with Crippen LogP contribution in [0.15, 0.2) is 12.1 Å². The van der Waals surface area contributed by atoms with Gasteiger partial charge in [-0.2, -0.15) is 0 Å². The number of benzene rings is 1. The Kier molecular flexibility index (Phi) is 3.77. The molecule has 1 fully saturated rings. The maximum absolute atomic E-state index is 11.5. The predicted molar refractivity (Wildman–Crippen MR) is 85.3 cm³/mol. The average molecular weight is 306 g/mol. The summed E-state index contributed by atoms with van der Waals surface area (Å²) in [6.45, 7) is 6.56. The first-order chi connectivity index (χ1) is 10.1. The standard InChI is InChI=1S/C14H18N4O2S/c1-3-17(10-4-5-15-8-10)12-6-11-14(21-9(2)16-11)7-13(12)18(19)20/h6-7,10,15H,3-5,8H2,1-2H3. The molecule has 6 nitrogen and oxygen atoms in total. The zero-order chi connectivity index (χ0) is 15.0. The Hall–Kier alpha value is -1.73. The maximum atomic E-state index is 11.5. The van der Waals surface area contributed by atoms with Crippen molar-refractivity contribution in [1.29, 1.82) is 0 Å². The quantitative estimate of drug-likeness (QED) is 0.694. The molecule has 2 heterocycles. The van der Waals surface area contributed by atoms with Gasteiger partial charge in [0.1, 0.15) is 5.69 Å². The summed E-state index contributed by atoms with van der Waals surface area (Å²) in [4.78, 5) is 17.8. The van der Waals surface area contributed by atoms with Crippen LogP contribution in [-0.4, -0.2) is 35.6 Å². The number of nitro groups is 1. The predicted octanol–water partition coefficient (Wildman–Crippen LogP) is 2.70. The summed E-state index contributed by atoms with van der Waals surface area (Å²) >= 11 is 1.50. The molecule has 7 heteroatoms. The van der Waals surface area contributed by atoms with Crippen LogP contribution in [-0.2, 0) is 0 Å². The monoisotopic (exact) mass is 306 g/mol. The van der Waals surface area contributed by atoms with E-state index in [0.29, 0.717) is 11.7 Å². The maximum Gasteiger partial charge on any atom is 0.294 e. The third kappa shape index (κ3) is 2.58. The van der Waals surface area contributed by atoms with Gasteiger partial charge in [-0.3, -0.25) is 10.1 Å². The number of anilines is 1. The Morgan fingerprint density at radius 2 is 2.38 bits per heavy atom. The van der Waals surface area contributed by atoms with Crippen LogP contribution in [0, 0.1) is 17.0 Å². The number of rotatable bonds is 4. The molecule has 1 aliphatic heterocycles. The third-order valence-electron chi connectivity index (χ3n) is 3.91. The molecule has 1 atom stereocenters. The van der Waals surface area contributed by atoms with Crippen molar-refractivity contribution in [1.82, 2.24) is 10.3 Å². The zero-order valence-electron chi connectivity index (χ0n) is 12.1. The van der Waals surface area contributed by atoms with E-state index < -0.39 is 0 Å². The van der Waals surface area contributed by atoms with E-state index in [0.717, 1.165) is 41.3 Å². The lowest BCUT2D eigenvalue weighted by atomic mass is 10.1. The van der Waals surface area contributed by atoms with Crippen molar-refractivity contribution in [2.45, 2.75) is 26.3 Å². The molecule has 1 aromatic heterocycles. The summed E-state index contributed by atoms with van der Waals surface area (Å²) in [5.74, 6) is 0. The number of likely N-dealkylation sites (N-methyl/N-ethyl adjacent to an activating group) is 1. The summed E-state index contributed by atoms with van der Waals surface area (Å²) in [6, 6.07) is 3.85. The number of nitro benzene ring substituents is 1. The second kappa shape index (κ2) is 5.57. The zero-order valence-corrected chi connectivity index (χ0v) is 12.9. The molecule has 0 spiro atoms. The van der Waals surface area contributed by atoms with Gasteiger partial charge in [0.05, 0.1) is 20.1 Å². The molecule has 0 amide bonds. The highest BCUT2D eigenvalue weighted by molar-refractivity contribution is 7.18. The number of hydrogen-bond acceptors (Lipinski definition) is 6. The Morgan fingerprint density at radius 1 is 1.57 bits per heavy atom. The van der Waals surface area contributed by atoms with Crippen molar-refractivity contribution in [3.8, 4) is 0 Å². The first kappa shape index (κ1) is 14.2. The summed E-state index contributed by atoms with van der Waals surface area (Å²) < 4.78 is 0.878. The SMILES string of the molecule is CCN(c1cc2nc(C)sc2cc1[N+](=O)[O-])C1CCNC1. The molecular weight excluding hydrogens is 288 g/mol. The molecule has 0 radical (unpaired) electrons. The van der Waals surface area contributed by atoms with Gasteiger partial charge in [-0.15, -0.1) is 11.3 Å². The van der Waals surface area contributed by atoms with Crippen LogP contribution in [0.2, 0.25) is 0 Å². The lowest BCUT2D eigenvalue weighted by Crippen LogP contribution is -2.37. The van der Waals surface area contributed by atoms with Crippen LogP contribution < -0.4 is 10.2 Å². The van der Waals surface area contributed by atoms with Crippen LogP contribution in [0.3, 0.4) is 0 Å². The van der Waals surface area contributed by atoms with Crippen LogP contribution in [0.25, 0.3) is 10.2 Å². The van der Waals surface area contributed by atoms with E-state index in [1.54, 1.807) is 6.07 Å². The summed E-state index contributed by atoms with van der Waals surface area (Å²) in [6.07, 6.45) is 1.01. The van der Waals surface area contributed by atoms with Crippen molar-refractivity contribution in [3.63, 3.8) is 0 Å². The normalized spacial score (nSPS) is 18.3. The topological polar surface area (TPSA) is 71.3 Å². The van der Waals surface area contributed by atoms with Crippen molar-refractivity contribution < 1.29 is 4.92 Å². The largest absolute Gasteiger partial charge is 0.362 e. The fourth-order valence-electron chi connectivity index (χ4n) is 2.97. The van der Waals surface area contributed by atoms with Gasteiger partial charge < -0.3 is 10.2 Å². The molecular formula is C14H18N4O2S. The van der Waals surface area contributed by atoms with E-state index >= 15 is 0 Å². The molecule has 1 aliphatic rings. The van der Waals surface area contributed by atoms with E-state index in [1.165, 1.54) is 11.3 Å². The molecule has 0 aliphatic carbocycles. The summed E-state index contributed by atoms with van der Waals surface area (Å²) in [7, 11) is 0. The molecule has 1 saturated heterocycles. The van der Waals surface area contributed by atoms with Crippen LogP contribution in [0.5, 0.6) is 0 Å². The Labute approximate surface area is 126 Å². The van der Waals surface area contributed by atoms with Crippen LogP contribution in [0.4, 0.5) is 11.4 Å². The highest BCUT2D eigenvalue weighted by Crippen LogP contribution is 2.36. The minimum atomic E-state index is -0.283. The molecule has 3 rings (SSSR count). The number of nitrogens with one attached hydrogen (secondary N) is 1. The fraction of sp³-hybridized carbons (Fsp3) is 0.500. The minimum Gasteiger partial charge on any atom is -0.362 e. The first-order valence-electron chi connectivity index (χ1n) is 7.13. The van der Waals surface area contributed by atoms with Gasteiger partial charge in [0.2, 0.25) is 0 Å². The van der Waals surface area contributed by atoms with Crippen LogP contribution in [0.1, 0.15) is 18.4 Å². The van der Waals surface area contributed by atoms with Gasteiger partial charge >= 0.3 is 0 Å². The number of thiazole rings is 1. The minimum absolute atomic E-state index is 0.180. The van der Waals surface area contributed by atoms with Crippen LogP contribution >= 0.6 is 11.3 Å². The molecule has 2 aromatic rings. The van der Waals surface area contributed by atoms with Gasteiger partial charge in [-0.1, -0.05) is 0 Å². The van der Waals surface area contributed by atoms with Gasteiger partial charge in [0, 0.05) is 25.2 Å². The number of aromatic nitrogens is 1. The Morgan fingerprint density at radius 3 is 3.00 bits per heavy atom. The molecule has 1 N–H and O–H groups in total. The van der Waals surface area contributed by atoms with E-state index in [-0.39, 0.29) is 10.6 Å². The third-order valence-corrected chi connectivity index (χ3v) is 4.85. The van der Waals surface area contributed by atoms with Gasteiger partial charge in [0.25, 0.3) is 5.69 Å². The number of aryl methyl sites for hydroxylation is 1. The highest BCUT2D eigenvalue weighted by Gasteiger charge is 2.28. The van der Waals surface area contributed by atoms with Crippen molar-refractivity contribution in [3.05, 3.63) is 27.3 Å². The number of hydrogen-bond donors (Lipinski definition) is 1. The van der Waals surface area contributed by atoms with E-state index in [2.05, 4.69) is 15.2 Å². The van der Waals surface area contributed by atoms with Gasteiger partial charge in [0.15, 0.2) is 0 Å². The Bertz CT molecular complexity index is 679. The van der Waals surface area contributed by atoms with E-state index in [1.807, 2.05) is 19.9 Å². The van der Waals surface area contributed by atoms with Gasteiger partial charge in [-0.25, -0.2) is 4.98 Å². The molecule has 21 heavy (non-hydrogen) atoms. The van der Waals surface area contributed by atoms with Crippen molar-refractivity contribution in [2.24, 2.45) is 0 Å². The second-order valence-corrected chi connectivity index (χ2v) is 6.47. The summed E-state index contributed by atoms with van der Waals surface area (Å²) in [5, 5.41) is 15.7. The average Bonchev–Trinajstić information content (AvgIpc) is 3.06. The number of fused-ring (bicyclic) bond motifs is 1. The lowest BCUT2D eigenvalue weighted by molar-refractivity contribution is -0.384. The number of nitrogens with zero attached hydrogens (tertiary/aromatic N) is 3.